The average molecular weight is 348 g/mol. The summed E-state index contributed by atoms with van der Waals surface area (Å²) in [6.45, 7) is 6.23. The molecule has 2 N–H and O–H groups in total. The molecule has 2 rings (SSSR count). The van der Waals surface area contributed by atoms with E-state index in [1.165, 1.54) is 0 Å². The van der Waals surface area contributed by atoms with Crippen LogP contribution in [0.2, 0.25) is 0 Å². The standard InChI is InChI=1S/C19H28N2O4/c1-13(2)17(18(23)21-11-7-10-16(21)14(3)22)20-19(24)25-12-15-8-5-4-6-9-15/h4-6,8-9,13-14,16-17,22H,7,10-12H2,1-3H3,(H,20,24)/t14-,16?,17+/m1/s1. The number of benzene rings is 1. The highest BCUT2D eigenvalue weighted by Crippen LogP contribution is 2.22. The van der Waals surface area contributed by atoms with Crippen LogP contribution in [0.25, 0.3) is 0 Å². The molecule has 1 fully saturated rings. The summed E-state index contributed by atoms with van der Waals surface area (Å²) in [5.74, 6) is -0.234. The van der Waals surface area contributed by atoms with E-state index >= 15 is 0 Å². The maximum atomic E-state index is 12.9. The molecule has 1 aromatic carbocycles. The van der Waals surface area contributed by atoms with Gasteiger partial charge in [0.2, 0.25) is 5.91 Å². The molecule has 3 atom stereocenters. The lowest BCUT2D eigenvalue weighted by Gasteiger charge is -2.32. The number of carbonyl (C=O) groups excluding carboxylic acids is 2. The van der Waals surface area contributed by atoms with Crippen molar-refractivity contribution < 1.29 is 19.4 Å². The fourth-order valence-electron chi connectivity index (χ4n) is 3.15. The molecule has 6 nitrogen and oxygen atoms in total. The lowest BCUT2D eigenvalue weighted by molar-refractivity contribution is -0.137. The van der Waals surface area contributed by atoms with Gasteiger partial charge in [0, 0.05) is 6.54 Å². The van der Waals surface area contributed by atoms with E-state index in [9.17, 15) is 14.7 Å². The molecule has 25 heavy (non-hydrogen) atoms. The zero-order chi connectivity index (χ0) is 18.4. The highest BCUT2D eigenvalue weighted by atomic mass is 16.5. The monoisotopic (exact) mass is 348 g/mol. The number of hydrogen-bond acceptors (Lipinski definition) is 4. The average Bonchev–Trinajstić information content (AvgIpc) is 3.08. The first kappa shape index (κ1) is 19.2. The third kappa shape index (κ3) is 5.19. The lowest BCUT2D eigenvalue weighted by Crippen LogP contribution is -2.54. The second-order valence-electron chi connectivity index (χ2n) is 6.91. The summed E-state index contributed by atoms with van der Waals surface area (Å²) in [6, 6.07) is 8.54. The SMILES string of the molecule is CC(C)[C@H](NC(=O)OCc1ccccc1)C(=O)N1CCCC1[C@@H](C)O. The van der Waals surface area contributed by atoms with Crippen molar-refractivity contribution in [2.45, 2.75) is 58.4 Å². The van der Waals surface area contributed by atoms with E-state index in [0.29, 0.717) is 6.54 Å². The molecule has 1 aromatic rings. The summed E-state index contributed by atoms with van der Waals surface area (Å²) in [4.78, 5) is 26.7. The van der Waals surface area contributed by atoms with Gasteiger partial charge >= 0.3 is 6.09 Å². The molecule has 1 aliphatic rings. The smallest absolute Gasteiger partial charge is 0.408 e. The minimum atomic E-state index is -0.664. The van der Waals surface area contributed by atoms with Crippen LogP contribution in [0.5, 0.6) is 0 Å². The van der Waals surface area contributed by atoms with Crippen LogP contribution in [0, 0.1) is 5.92 Å². The number of aliphatic hydroxyl groups excluding tert-OH is 1. The van der Waals surface area contributed by atoms with E-state index in [1.807, 2.05) is 44.2 Å². The normalized spacial score (nSPS) is 19.6. The van der Waals surface area contributed by atoms with Gasteiger partial charge in [-0.3, -0.25) is 4.79 Å². The third-order valence-electron chi connectivity index (χ3n) is 4.56. The third-order valence-corrected chi connectivity index (χ3v) is 4.56. The first-order valence-electron chi connectivity index (χ1n) is 8.86. The molecular weight excluding hydrogens is 320 g/mol. The molecule has 0 spiro atoms. The number of hydrogen-bond donors (Lipinski definition) is 2. The second kappa shape index (κ2) is 8.85. The van der Waals surface area contributed by atoms with E-state index < -0.39 is 18.2 Å². The van der Waals surface area contributed by atoms with Gasteiger partial charge in [0.05, 0.1) is 12.1 Å². The molecule has 1 heterocycles. The molecule has 0 aliphatic carbocycles. The Morgan fingerprint density at radius 1 is 1.28 bits per heavy atom. The Morgan fingerprint density at radius 3 is 2.56 bits per heavy atom. The molecule has 6 heteroatoms. The number of likely N-dealkylation sites (tertiary alicyclic amines) is 1. The van der Waals surface area contributed by atoms with Crippen LogP contribution in [0.3, 0.4) is 0 Å². The minimum Gasteiger partial charge on any atom is -0.445 e. The van der Waals surface area contributed by atoms with Gasteiger partial charge in [0.1, 0.15) is 12.6 Å². The van der Waals surface area contributed by atoms with Crippen molar-refractivity contribution in [1.29, 1.82) is 0 Å². The van der Waals surface area contributed by atoms with E-state index in [1.54, 1.807) is 11.8 Å². The lowest BCUT2D eigenvalue weighted by atomic mass is 10.0. The number of amides is 2. The number of aliphatic hydroxyl groups is 1. The van der Waals surface area contributed by atoms with Crippen LogP contribution in [-0.2, 0) is 16.1 Å². The van der Waals surface area contributed by atoms with E-state index in [-0.39, 0.29) is 24.5 Å². The number of nitrogens with one attached hydrogen (secondary N) is 1. The summed E-state index contributed by atoms with van der Waals surface area (Å²) in [7, 11) is 0. The molecule has 0 bridgehead atoms. The summed E-state index contributed by atoms with van der Waals surface area (Å²) in [5, 5.41) is 12.6. The predicted octanol–water partition coefficient (Wildman–Crippen LogP) is 2.31. The Labute approximate surface area is 149 Å². The quantitative estimate of drug-likeness (QED) is 0.827. The molecule has 2 amide bonds. The van der Waals surface area contributed by atoms with Gasteiger partial charge in [-0.05, 0) is 31.2 Å². The Kier molecular flexibility index (Phi) is 6.82. The van der Waals surface area contributed by atoms with Crippen LogP contribution < -0.4 is 5.32 Å². The zero-order valence-corrected chi connectivity index (χ0v) is 15.1. The maximum absolute atomic E-state index is 12.9. The molecule has 0 saturated carbocycles. The van der Waals surface area contributed by atoms with Crippen LogP contribution in [0.15, 0.2) is 30.3 Å². The fraction of sp³-hybridized carbons (Fsp3) is 0.579. The number of ether oxygens (including phenoxy) is 1. The number of alkyl carbamates (subject to hydrolysis) is 1. The van der Waals surface area contributed by atoms with Crippen LogP contribution >= 0.6 is 0 Å². The Balaban J connectivity index is 1.95. The minimum absolute atomic E-state index is 0.0768. The van der Waals surface area contributed by atoms with Crippen molar-refractivity contribution >= 4 is 12.0 Å². The zero-order valence-electron chi connectivity index (χ0n) is 15.1. The summed E-state index contributed by atoms with van der Waals surface area (Å²) in [5.41, 5.74) is 0.888. The molecule has 1 unspecified atom stereocenters. The summed E-state index contributed by atoms with van der Waals surface area (Å²) >= 11 is 0. The molecule has 0 radical (unpaired) electrons. The Hall–Kier alpha value is -2.08. The maximum Gasteiger partial charge on any atom is 0.408 e. The van der Waals surface area contributed by atoms with Crippen molar-refractivity contribution in [2.24, 2.45) is 5.92 Å². The Morgan fingerprint density at radius 2 is 1.96 bits per heavy atom. The van der Waals surface area contributed by atoms with Crippen LogP contribution in [0.1, 0.15) is 39.2 Å². The largest absolute Gasteiger partial charge is 0.445 e. The molecule has 1 saturated heterocycles. The van der Waals surface area contributed by atoms with Crippen molar-refractivity contribution in [3.05, 3.63) is 35.9 Å². The molecular formula is C19H28N2O4. The topological polar surface area (TPSA) is 78.9 Å². The van der Waals surface area contributed by atoms with Gasteiger partial charge in [0.25, 0.3) is 0 Å². The van der Waals surface area contributed by atoms with Crippen LogP contribution in [-0.4, -0.2) is 46.7 Å². The number of carbonyl (C=O) groups is 2. The van der Waals surface area contributed by atoms with Gasteiger partial charge in [-0.2, -0.15) is 0 Å². The number of rotatable bonds is 6. The highest BCUT2D eigenvalue weighted by molar-refractivity contribution is 5.86. The van der Waals surface area contributed by atoms with E-state index in [4.69, 9.17) is 4.74 Å². The van der Waals surface area contributed by atoms with Crippen molar-refractivity contribution in [3.63, 3.8) is 0 Å². The van der Waals surface area contributed by atoms with Crippen molar-refractivity contribution in [1.82, 2.24) is 10.2 Å². The van der Waals surface area contributed by atoms with Gasteiger partial charge in [-0.15, -0.1) is 0 Å². The first-order chi connectivity index (χ1) is 11.9. The summed E-state index contributed by atoms with van der Waals surface area (Å²) < 4.78 is 5.23. The first-order valence-corrected chi connectivity index (χ1v) is 8.86. The van der Waals surface area contributed by atoms with Crippen molar-refractivity contribution in [2.75, 3.05) is 6.54 Å². The van der Waals surface area contributed by atoms with Crippen molar-refractivity contribution in [3.8, 4) is 0 Å². The van der Waals surface area contributed by atoms with Gasteiger partial charge in [-0.25, -0.2) is 4.79 Å². The highest BCUT2D eigenvalue weighted by Gasteiger charge is 2.37. The van der Waals surface area contributed by atoms with Gasteiger partial charge < -0.3 is 20.1 Å². The molecule has 1 aliphatic heterocycles. The van der Waals surface area contributed by atoms with Gasteiger partial charge in [-0.1, -0.05) is 44.2 Å². The van der Waals surface area contributed by atoms with E-state index in [2.05, 4.69) is 5.32 Å². The second-order valence-corrected chi connectivity index (χ2v) is 6.91. The number of nitrogens with zero attached hydrogens (tertiary/aromatic N) is 1. The van der Waals surface area contributed by atoms with Gasteiger partial charge in [0.15, 0.2) is 0 Å². The Bertz CT molecular complexity index is 574. The predicted molar refractivity (Wildman–Crippen MR) is 94.8 cm³/mol. The fourth-order valence-corrected chi connectivity index (χ4v) is 3.15. The molecule has 0 aromatic heterocycles. The van der Waals surface area contributed by atoms with E-state index in [0.717, 1.165) is 18.4 Å². The van der Waals surface area contributed by atoms with Crippen LogP contribution in [0.4, 0.5) is 4.79 Å². The summed E-state index contributed by atoms with van der Waals surface area (Å²) in [6.07, 6.45) is 0.463. The molecule has 138 valence electrons.